The number of nitrogens with one attached hydrogen (secondary N) is 2. The van der Waals surface area contributed by atoms with Crippen LogP contribution in [0.25, 0.3) is 10.9 Å². The zero-order valence-electron chi connectivity index (χ0n) is 14.3. The van der Waals surface area contributed by atoms with E-state index in [4.69, 9.17) is 0 Å². The third-order valence-corrected chi connectivity index (χ3v) is 6.16. The fourth-order valence-corrected chi connectivity index (χ4v) is 4.58. The van der Waals surface area contributed by atoms with E-state index >= 15 is 0 Å². The van der Waals surface area contributed by atoms with E-state index in [-0.39, 0.29) is 11.5 Å². The van der Waals surface area contributed by atoms with E-state index in [0.717, 1.165) is 27.7 Å². The molecular weight excluding hydrogens is 320 g/mol. The highest BCUT2D eigenvalue weighted by molar-refractivity contribution is 8.00. The molecule has 2 N–H and O–H groups in total. The van der Waals surface area contributed by atoms with Crippen molar-refractivity contribution in [3.05, 3.63) is 39.7 Å². The van der Waals surface area contributed by atoms with Crippen molar-refractivity contribution < 1.29 is 4.79 Å². The van der Waals surface area contributed by atoms with Gasteiger partial charge in [0.1, 0.15) is 0 Å². The lowest BCUT2D eigenvalue weighted by Crippen LogP contribution is -2.17. The first-order chi connectivity index (χ1) is 11.6. The number of anilines is 1. The molecule has 0 bridgehead atoms. The van der Waals surface area contributed by atoms with E-state index in [1.807, 2.05) is 32.0 Å². The molecular formula is C19H24N2O2S. The number of fused-ring (bicyclic) bond motifs is 1. The summed E-state index contributed by atoms with van der Waals surface area (Å²) >= 11 is 1.75. The van der Waals surface area contributed by atoms with Crippen LogP contribution in [0.5, 0.6) is 0 Å². The Morgan fingerprint density at radius 2 is 2.08 bits per heavy atom. The molecule has 24 heavy (non-hydrogen) atoms. The smallest absolute Gasteiger partial charge is 0.251 e. The van der Waals surface area contributed by atoms with E-state index in [1.165, 1.54) is 25.7 Å². The molecule has 1 aromatic heterocycles. The highest BCUT2D eigenvalue weighted by atomic mass is 32.2. The number of pyridine rings is 1. The SMILES string of the molecule is CCc1c(C)c2ccc(NC(=O)CSC3CCCC3)cc2[nH]c1=O. The van der Waals surface area contributed by atoms with Crippen LogP contribution < -0.4 is 10.9 Å². The summed E-state index contributed by atoms with van der Waals surface area (Å²) in [5, 5.41) is 4.61. The van der Waals surface area contributed by atoms with Gasteiger partial charge in [-0.2, -0.15) is 0 Å². The molecule has 1 heterocycles. The number of hydrogen-bond acceptors (Lipinski definition) is 3. The molecule has 0 atom stereocenters. The average Bonchev–Trinajstić information content (AvgIpc) is 3.06. The number of carbonyl (C=O) groups excluding carboxylic acids is 1. The zero-order valence-corrected chi connectivity index (χ0v) is 15.1. The summed E-state index contributed by atoms with van der Waals surface area (Å²) in [5.74, 6) is 0.517. The third kappa shape index (κ3) is 3.66. The molecule has 1 aliphatic carbocycles. The first-order valence-electron chi connectivity index (χ1n) is 8.65. The van der Waals surface area contributed by atoms with Crippen molar-refractivity contribution >= 4 is 34.3 Å². The van der Waals surface area contributed by atoms with Gasteiger partial charge in [-0.05, 0) is 43.9 Å². The Bertz CT molecular complexity index is 807. The largest absolute Gasteiger partial charge is 0.325 e. The Morgan fingerprint density at radius 1 is 1.33 bits per heavy atom. The van der Waals surface area contributed by atoms with Crippen LogP contribution >= 0.6 is 11.8 Å². The van der Waals surface area contributed by atoms with Gasteiger partial charge in [0, 0.05) is 21.9 Å². The van der Waals surface area contributed by atoms with Crippen molar-refractivity contribution in [3.63, 3.8) is 0 Å². The van der Waals surface area contributed by atoms with Gasteiger partial charge in [0.15, 0.2) is 0 Å². The minimum absolute atomic E-state index is 0.0236. The first-order valence-corrected chi connectivity index (χ1v) is 9.70. The van der Waals surface area contributed by atoms with Gasteiger partial charge in [0.2, 0.25) is 5.91 Å². The fraction of sp³-hybridized carbons (Fsp3) is 0.474. The number of benzene rings is 1. The summed E-state index contributed by atoms with van der Waals surface area (Å²) in [6.07, 6.45) is 5.75. The molecule has 128 valence electrons. The number of hydrogen-bond donors (Lipinski definition) is 2. The number of aromatic amines is 1. The van der Waals surface area contributed by atoms with Crippen LogP contribution in [0.4, 0.5) is 5.69 Å². The molecule has 0 unspecified atom stereocenters. The summed E-state index contributed by atoms with van der Waals surface area (Å²) in [7, 11) is 0. The Balaban J connectivity index is 1.73. The van der Waals surface area contributed by atoms with Crippen molar-refractivity contribution in [2.45, 2.75) is 51.2 Å². The van der Waals surface area contributed by atoms with Gasteiger partial charge in [-0.1, -0.05) is 25.8 Å². The van der Waals surface area contributed by atoms with Crippen LogP contribution in [-0.2, 0) is 11.2 Å². The predicted octanol–water partition coefficient (Wildman–Crippen LogP) is 4.01. The summed E-state index contributed by atoms with van der Waals surface area (Å²) in [6.45, 7) is 3.97. The van der Waals surface area contributed by atoms with Crippen LogP contribution in [0.15, 0.2) is 23.0 Å². The predicted molar refractivity (Wildman–Crippen MR) is 102 cm³/mol. The molecule has 1 saturated carbocycles. The summed E-state index contributed by atoms with van der Waals surface area (Å²) < 4.78 is 0. The Labute approximate surface area is 146 Å². The normalized spacial score (nSPS) is 15.1. The highest BCUT2D eigenvalue weighted by Gasteiger charge is 2.17. The van der Waals surface area contributed by atoms with E-state index in [2.05, 4.69) is 10.3 Å². The average molecular weight is 344 g/mol. The van der Waals surface area contributed by atoms with Crippen LogP contribution in [-0.4, -0.2) is 21.9 Å². The Hall–Kier alpha value is -1.75. The van der Waals surface area contributed by atoms with E-state index in [9.17, 15) is 9.59 Å². The molecule has 0 radical (unpaired) electrons. The fourth-order valence-electron chi connectivity index (χ4n) is 3.45. The van der Waals surface area contributed by atoms with Gasteiger partial charge in [0.25, 0.3) is 5.56 Å². The van der Waals surface area contributed by atoms with Gasteiger partial charge in [-0.25, -0.2) is 0 Å². The maximum absolute atomic E-state index is 12.1. The van der Waals surface area contributed by atoms with Gasteiger partial charge >= 0.3 is 0 Å². The molecule has 1 aromatic carbocycles. The molecule has 3 rings (SSSR count). The molecule has 0 spiro atoms. The van der Waals surface area contributed by atoms with E-state index < -0.39 is 0 Å². The van der Waals surface area contributed by atoms with Gasteiger partial charge < -0.3 is 10.3 Å². The quantitative estimate of drug-likeness (QED) is 0.861. The number of thioether (sulfide) groups is 1. The number of carbonyl (C=O) groups is 1. The first kappa shape index (κ1) is 17.1. The van der Waals surface area contributed by atoms with Crippen LogP contribution in [0.2, 0.25) is 0 Å². The minimum atomic E-state index is -0.0391. The standard InChI is InChI=1S/C19H24N2O2S/c1-3-15-12(2)16-9-8-13(10-17(16)21-19(15)23)20-18(22)11-24-14-6-4-5-7-14/h8-10,14H,3-7,11H2,1-2H3,(H,20,22)(H,21,23). The maximum Gasteiger partial charge on any atom is 0.251 e. The van der Waals surface area contributed by atoms with Gasteiger partial charge in [-0.3, -0.25) is 9.59 Å². The Kier molecular flexibility index (Phi) is 5.29. The molecule has 1 amide bonds. The highest BCUT2D eigenvalue weighted by Crippen LogP contribution is 2.29. The van der Waals surface area contributed by atoms with Crippen molar-refractivity contribution in [2.24, 2.45) is 0 Å². The number of aryl methyl sites for hydroxylation is 1. The lowest BCUT2D eigenvalue weighted by molar-refractivity contribution is -0.113. The number of amides is 1. The minimum Gasteiger partial charge on any atom is -0.325 e. The van der Waals surface area contributed by atoms with Crippen LogP contribution in [0, 0.1) is 6.92 Å². The van der Waals surface area contributed by atoms with Crippen molar-refractivity contribution in [1.82, 2.24) is 4.98 Å². The third-order valence-electron chi connectivity index (χ3n) is 4.79. The molecule has 1 aliphatic rings. The second kappa shape index (κ2) is 7.43. The molecule has 2 aromatic rings. The molecule has 4 nitrogen and oxygen atoms in total. The van der Waals surface area contributed by atoms with Crippen molar-refractivity contribution in [2.75, 3.05) is 11.1 Å². The zero-order chi connectivity index (χ0) is 17.1. The number of aromatic nitrogens is 1. The lowest BCUT2D eigenvalue weighted by atomic mass is 10.0. The molecule has 0 aliphatic heterocycles. The van der Waals surface area contributed by atoms with Crippen LogP contribution in [0.1, 0.15) is 43.7 Å². The summed E-state index contributed by atoms with van der Waals surface area (Å²) in [5.41, 5.74) is 3.32. The van der Waals surface area contributed by atoms with Crippen molar-refractivity contribution in [1.29, 1.82) is 0 Å². The second-order valence-electron chi connectivity index (χ2n) is 6.44. The molecule has 0 saturated heterocycles. The van der Waals surface area contributed by atoms with Crippen LogP contribution in [0.3, 0.4) is 0 Å². The number of H-pyrrole nitrogens is 1. The molecule has 1 fully saturated rings. The summed E-state index contributed by atoms with van der Waals surface area (Å²) in [6, 6.07) is 5.73. The topological polar surface area (TPSA) is 62.0 Å². The maximum atomic E-state index is 12.1. The lowest BCUT2D eigenvalue weighted by Gasteiger charge is -2.11. The number of rotatable bonds is 5. The van der Waals surface area contributed by atoms with Gasteiger partial charge in [0.05, 0.1) is 11.3 Å². The van der Waals surface area contributed by atoms with E-state index in [1.54, 1.807) is 11.8 Å². The second-order valence-corrected chi connectivity index (χ2v) is 7.73. The van der Waals surface area contributed by atoms with Gasteiger partial charge in [-0.15, -0.1) is 11.8 Å². The van der Waals surface area contributed by atoms with E-state index in [0.29, 0.717) is 17.4 Å². The molecule has 5 heteroatoms. The van der Waals surface area contributed by atoms with Crippen molar-refractivity contribution in [3.8, 4) is 0 Å². The Morgan fingerprint density at radius 3 is 2.79 bits per heavy atom. The monoisotopic (exact) mass is 344 g/mol. The summed E-state index contributed by atoms with van der Waals surface area (Å²) in [4.78, 5) is 27.2.